The first-order valence-corrected chi connectivity index (χ1v) is 8.87. The van der Waals surface area contributed by atoms with E-state index >= 15 is 0 Å². The molecular weight excluding hydrogens is 338 g/mol. The molecule has 2 amide bonds. The maximum atomic E-state index is 12.0. The number of alkyl carbamates (subject to hydrolysis) is 1. The van der Waals surface area contributed by atoms with E-state index in [0.29, 0.717) is 6.61 Å². The van der Waals surface area contributed by atoms with Gasteiger partial charge in [0.1, 0.15) is 50.8 Å². The number of carbonyl (C=O) groups is 2. The SMILES string of the molecule is COC(=O)NC(=O)[C@@H](C)[NH+]1CC[NH+](CCOc2ccc(OC)cc2)CC1. The van der Waals surface area contributed by atoms with Crippen molar-refractivity contribution in [1.82, 2.24) is 5.32 Å². The number of quaternary nitrogens is 2. The molecule has 0 spiro atoms. The first kappa shape index (κ1) is 20.0. The van der Waals surface area contributed by atoms with Gasteiger partial charge in [-0.2, -0.15) is 0 Å². The van der Waals surface area contributed by atoms with Gasteiger partial charge in [-0.25, -0.2) is 4.79 Å². The number of carbonyl (C=O) groups excluding carboxylic acids is 2. The number of imide groups is 1. The van der Waals surface area contributed by atoms with Crippen LogP contribution in [0.2, 0.25) is 0 Å². The average Bonchev–Trinajstić information content (AvgIpc) is 2.68. The standard InChI is InChI=1S/C18H27N3O5/c1-14(17(22)19-18(23)25-3)21-10-8-20(9-11-21)12-13-26-16-6-4-15(24-2)5-7-16/h4-7,14H,8-13H2,1-3H3,(H,19,22,23)/p+2/t14-/m1/s1. The fourth-order valence-electron chi connectivity index (χ4n) is 3.04. The molecule has 1 aliphatic rings. The molecule has 1 aromatic rings. The van der Waals surface area contributed by atoms with Crippen LogP contribution in [0.5, 0.6) is 11.5 Å². The fourth-order valence-corrected chi connectivity index (χ4v) is 3.04. The number of ether oxygens (including phenoxy) is 3. The lowest BCUT2D eigenvalue weighted by molar-refractivity contribution is -1.02. The second-order valence-corrected chi connectivity index (χ2v) is 6.38. The summed E-state index contributed by atoms with van der Waals surface area (Å²) in [6.45, 7) is 7.11. The Morgan fingerprint density at radius 3 is 2.27 bits per heavy atom. The molecule has 1 saturated heterocycles. The molecule has 8 heteroatoms. The molecule has 26 heavy (non-hydrogen) atoms. The zero-order valence-corrected chi connectivity index (χ0v) is 15.7. The summed E-state index contributed by atoms with van der Waals surface area (Å²) < 4.78 is 15.4. The van der Waals surface area contributed by atoms with Crippen LogP contribution in [0.25, 0.3) is 0 Å². The summed E-state index contributed by atoms with van der Waals surface area (Å²) >= 11 is 0. The molecule has 3 N–H and O–H groups in total. The van der Waals surface area contributed by atoms with E-state index in [4.69, 9.17) is 9.47 Å². The van der Waals surface area contributed by atoms with Crippen LogP contribution < -0.4 is 24.6 Å². The van der Waals surface area contributed by atoms with E-state index in [0.717, 1.165) is 44.2 Å². The summed E-state index contributed by atoms with van der Waals surface area (Å²) in [5, 5.41) is 2.24. The highest BCUT2D eigenvalue weighted by Gasteiger charge is 2.31. The van der Waals surface area contributed by atoms with Gasteiger partial charge in [0.25, 0.3) is 5.91 Å². The molecule has 2 rings (SSSR count). The third kappa shape index (κ3) is 5.89. The van der Waals surface area contributed by atoms with Crippen LogP contribution in [0.1, 0.15) is 6.92 Å². The molecule has 0 aliphatic carbocycles. The van der Waals surface area contributed by atoms with Gasteiger partial charge in [0.05, 0.1) is 14.2 Å². The van der Waals surface area contributed by atoms with E-state index in [1.807, 2.05) is 31.2 Å². The molecular formula is C18H29N3O5+2. The van der Waals surface area contributed by atoms with E-state index in [-0.39, 0.29) is 11.9 Å². The van der Waals surface area contributed by atoms with Gasteiger partial charge in [0.15, 0.2) is 6.04 Å². The number of amides is 2. The molecule has 1 aliphatic heterocycles. The summed E-state index contributed by atoms with van der Waals surface area (Å²) in [5.74, 6) is 1.35. The van der Waals surface area contributed by atoms with Gasteiger partial charge in [-0.05, 0) is 31.2 Å². The molecule has 0 radical (unpaired) electrons. The number of hydrogen-bond acceptors (Lipinski definition) is 5. The van der Waals surface area contributed by atoms with Gasteiger partial charge >= 0.3 is 6.09 Å². The van der Waals surface area contributed by atoms with E-state index in [9.17, 15) is 9.59 Å². The lowest BCUT2D eigenvalue weighted by Crippen LogP contribution is -3.30. The van der Waals surface area contributed by atoms with Crippen LogP contribution in [0.3, 0.4) is 0 Å². The van der Waals surface area contributed by atoms with Gasteiger partial charge in [0, 0.05) is 0 Å². The molecule has 0 unspecified atom stereocenters. The summed E-state index contributed by atoms with van der Waals surface area (Å²) in [4.78, 5) is 25.8. The Kier molecular flexibility index (Phi) is 7.68. The Morgan fingerprint density at radius 1 is 1.08 bits per heavy atom. The van der Waals surface area contributed by atoms with Crippen LogP contribution in [-0.2, 0) is 9.53 Å². The number of hydrogen-bond donors (Lipinski definition) is 3. The number of rotatable bonds is 7. The number of methoxy groups -OCH3 is 2. The molecule has 0 aromatic heterocycles. The minimum atomic E-state index is -0.707. The molecule has 0 bridgehead atoms. The lowest BCUT2D eigenvalue weighted by atomic mass is 10.2. The Morgan fingerprint density at radius 2 is 1.69 bits per heavy atom. The fraction of sp³-hybridized carbons (Fsp3) is 0.556. The van der Waals surface area contributed by atoms with Gasteiger partial charge in [-0.3, -0.25) is 10.1 Å². The van der Waals surface area contributed by atoms with Gasteiger partial charge in [0.2, 0.25) is 0 Å². The quantitative estimate of drug-likeness (QED) is 0.526. The first-order chi connectivity index (χ1) is 12.5. The van der Waals surface area contributed by atoms with Crippen molar-refractivity contribution in [2.75, 3.05) is 53.6 Å². The van der Waals surface area contributed by atoms with Crippen molar-refractivity contribution >= 4 is 12.0 Å². The average molecular weight is 367 g/mol. The second kappa shape index (κ2) is 9.98. The van der Waals surface area contributed by atoms with Crippen molar-refractivity contribution in [3.8, 4) is 11.5 Å². The van der Waals surface area contributed by atoms with E-state index < -0.39 is 6.09 Å². The lowest BCUT2D eigenvalue weighted by Gasteiger charge is -2.32. The minimum Gasteiger partial charge on any atom is -0.497 e. The predicted octanol–water partition coefficient (Wildman–Crippen LogP) is -1.87. The van der Waals surface area contributed by atoms with Crippen molar-refractivity contribution in [2.24, 2.45) is 0 Å². The number of piperazine rings is 1. The summed E-state index contributed by atoms with van der Waals surface area (Å²) in [6, 6.07) is 7.29. The number of nitrogens with one attached hydrogen (secondary N) is 3. The third-order valence-corrected chi connectivity index (χ3v) is 4.80. The van der Waals surface area contributed by atoms with Crippen LogP contribution in [0.4, 0.5) is 4.79 Å². The van der Waals surface area contributed by atoms with Crippen molar-refractivity contribution < 1.29 is 33.6 Å². The Bertz CT molecular complexity index is 585. The highest BCUT2D eigenvalue weighted by Crippen LogP contribution is 2.16. The van der Waals surface area contributed by atoms with Crippen LogP contribution in [-0.4, -0.2) is 71.6 Å². The van der Waals surface area contributed by atoms with Gasteiger partial charge < -0.3 is 24.0 Å². The van der Waals surface area contributed by atoms with Crippen molar-refractivity contribution in [3.05, 3.63) is 24.3 Å². The van der Waals surface area contributed by atoms with E-state index in [2.05, 4.69) is 10.1 Å². The highest BCUT2D eigenvalue weighted by atomic mass is 16.5. The zero-order chi connectivity index (χ0) is 18.9. The molecule has 1 fully saturated rings. The molecule has 0 saturated carbocycles. The maximum absolute atomic E-state index is 12.0. The Labute approximate surface area is 154 Å². The monoisotopic (exact) mass is 367 g/mol. The van der Waals surface area contributed by atoms with Crippen LogP contribution >= 0.6 is 0 Å². The normalized spacial score (nSPS) is 20.7. The van der Waals surface area contributed by atoms with E-state index in [1.54, 1.807) is 7.11 Å². The van der Waals surface area contributed by atoms with Crippen molar-refractivity contribution in [1.29, 1.82) is 0 Å². The summed E-state index contributed by atoms with van der Waals surface area (Å²) in [6.07, 6.45) is -0.707. The van der Waals surface area contributed by atoms with Crippen molar-refractivity contribution in [2.45, 2.75) is 13.0 Å². The summed E-state index contributed by atoms with van der Waals surface area (Å²) in [5.41, 5.74) is 0. The minimum absolute atomic E-state index is 0.272. The van der Waals surface area contributed by atoms with E-state index in [1.165, 1.54) is 16.9 Å². The highest BCUT2D eigenvalue weighted by molar-refractivity contribution is 5.93. The molecule has 144 valence electrons. The largest absolute Gasteiger partial charge is 0.497 e. The predicted molar refractivity (Wildman–Crippen MR) is 94.8 cm³/mol. The Balaban J connectivity index is 1.67. The third-order valence-electron chi connectivity index (χ3n) is 4.80. The topological polar surface area (TPSA) is 82.7 Å². The smallest absolute Gasteiger partial charge is 0.413 e. The van der Waals surface area contributed by atoms with Gasteiger partial charge in [-0.15, -0.1) is 0 Å². The molecule has 8 nitrogen and oxygen atoms in total. The van der Waals surface area contributed by atoms with Crippen LogP contribution in [0.15, 0.2) is 24.3 Å². The van der Waals surface area contributed by atoms with Crippen molar-refractivity contribution in [3.63, 3.8) is 0 Å². The molecule has 1 heterocycles. The zero-order valence-electron chi connectivity index (χ0n) is 15.7. The van der Waals surface area contributed by atoms with Gasteiger partial charge in [-0.1, -0.05) is 0 Å². The molecule has 1 atom stereocenters. The number of benzene rings is 1. The first-order valence-electron chi connectivity index (χ1n) is 8.87. The second-order valence-electron chi connectivity index (χ2n) is 6.38. The maximum Gasteiger partial charge on any atom is 0.413 e. The molecule has 1 aromatic carbocycles. The Hall–Kier alpha value is -2.32. The summed E-state index contributed by atoms with van der Waals surface area (Å²) in [7, 11) is 2.89. The van der Waals surface area contributed by atoms with Crippen LogP contribution in [0, 0.1) is 0 Å².